The van der Waals surface area contributed by atoms with Crippen LogP contribution < -0.4 is 0 Å². The van der Waals surface area contributed by atoms with Gasteiger partial charge in [0.05, 0.1) is 23.3 Å². The largest absolute Gasteiger partial charge is 0.593 e. The van der Waals surface area contributed by atoms with E-state index in [0.29, 0.717) is 28.1 Å². The molecule has 2 heterocycles. The van der Waals surface area contributed by atoms with Crippen molar-refractivity contribution in [1.82, 2.24) is 13.9 Å². The molecule has 0 radical (unpaired) electrons. The molecular weight excluding hydrogens is 339 g/mol. The first kappa shape index (κ1) is 16.8. The Bertz CT molecular complexity index is 890. The third-order valence-electron chi connectivity index (χ3n) is 3.70. The van der Waals surface area contributed by atoms with E-state index in [1.54, 1.807) is 31.2 Å². The van der Waals surface area contributed by atoms with Crippen molar-refractivity contribution in [2.45, 2.75) is 19.5 Å². The standard InChI is InChI=1S/C16H14F3N3OS/c1-10-11(9-16(17,18)19)7-8-20-14(10)15-21-12-5-3-4-6-13(12)22(15)24(2)23/h3-8H,9H2,1-2H3. The van der Waals surface area contributed by atoms with Gasteiger partial charge in [-0.15, -0.1) is 3.97 Å². The van der Waals surface area contributed by atoms with Crippen LogP contribution in [0.2, 0.25) is 0 Å². The van der Waals surface area contributed by atoms with E-state index in [-0.39, 0.29) is 5.56 Å². The molecule has 0 saturated carbocycles. The van der Waals surface area contributed by atoms with Crippen molar-refractivity contribution in [3.8, 4) is 11.5 Å². The average molecular weight is 353 g/mol. The van der Waals surface area contributed by atoms with Gasteiger partial charge in [-0.3, -0.25) is 4.98 Å². The smallest absolute Gasteiger partial charge is 0.393 e. The predicted molar refractivity (Wildman–Crippen MR) is 86.9 cm³/mol. The highest BCUT2D eigenvalue weighted by Crippen LogP contribution is 2.30. The van der Waals surface area contributed by atoms with Crippen LogP contribution in [0.3, 0.4) is 0 Å². The Kier molecular flexibility index (Phi) is 4.27. The molecule has 0 aliphatic rings. The highest BCUT2D eigenvalue weighted by molar-refractivity contribution is 7.89. The quantitative estimate of drug-likeness (QED) is 0.676. The minimum atomic E-state index is -4.31. The second kappa shape index (κ2) is 6.10. The first-order valence-electron chi connectivity index (χ1n) is 7.11. The second-order valence-electron chi connectivity index (χ2n) is 5.38. The van der Waals surface area contributed by atoms with Gasteiger partial charge in [-0.2, -0.15) is 13.2 Å². The zero-order valence-corrected chi connectivity index (χ0v) is 13.8. The summed E-state index contributed by atoms with van der Waals surface area (Å²) in [5, 5.41) is 0. The Morgan fingerprint density at radius 2 is 1.92 bits per heavy atom. The lowest BCUT2D eigenvalue weighted by Gasteiger charge is -2.13. The number of fused-ring (bicyclic) bond motifs is 1. The number of imidazole rings is 1. The van der Waals surface area contributed by atoms with Crippen molar-refractivity contribution in [2.24, 2.45) is 0 Å². The molecule has 126 valence electrons. The number of alkyl halides is 3. The summed E-state index contributed by atoms with van der Waals surface area (Å²) in [6.45, 7) is 1.58. The summed E-state index contributed by atoms with van der Waals surface area (Å²) >= 11 is -1.43. The van der Waals surface area contributed by atoms with Gasteiger partial charge >= 0.3 is 6.18 Å². The molecule has 8 heteroatoms. The summed E-state index contributed by atoms with van der Waals surface area (Å²) in [6, 6.07) is 8.46. The molecule has 1 aromatic carbocycles. The van der Waals surface area contributed by atoms with Gasteiger partial charge in [-0.1, -0.05) is 12.1 Å². The van der Waals surface area contributed by atoms with E-state index in [9.17, 15) is 17.7 Å². The van der Waals surface area contributed by atoms with Crippen LogP contribution >= 0.6 is 0 Å². The van der Waals surface area contributed by atoms with Gasteiger partial charge in [0.15, 0.2) is 0 Å². The fourth-order valence-electron chi connectivity index (χ4n) is 2.62. The minimum Gasteiger partial charge on any atom is -0.593 e. The number of pyridine rings is 1. The molecule has 24 heavy (non-hydrogen) atoms. The molecule has 0 N–H and O–H groups in total. The van der Waals surface area contributed by atoms with Crippen LogP contribution in [0.5, 0.6) is 0 Å². The number of halogens is 3. The Morgan fingerprint density at radius 3 is 2.58 bits per heavy atom. The number of nitrogens with zero attached hydrogens (tertiary/aromatic N) is 3. The SMILES string of the molecule is Cc1c(CC(F)(F)F)ccnc1-c1nc2ccccc2n1[S+](C)[O-]. The maximum atomic E-state index is 12.7. The topological polar surface area (TPSA) is 53.8 Å². The zero-order valence-electron chi connectivity index (χ0n) is 13.0. The maximum Gasteiger partial charge on any atom is 0.393 e. The third kappa shape index (κ3) is 3.11. The van der Waals surface area contributed by atoms with Crippen molar-refractivity contribution < 1.29 is 17.7 Å². The summed E-state index contributed by atoms with van der Waals surface area (Å²) < 4.78 is 51.9. The highest BCUT2D eigenvalue weighted by atomic mass is 32.2. The molecule has 1 unspecified atom stereocenters. The van der Waals surface area contributed by atoms with Crippen molar-refractivity contribution in [3.63, 3.8) is 0 Å². The van der Waals surface area contributed by atoms with E-state index in [0.717, 1.165) is 0 Å². The number of hydrogen-bond donors (Lipinski definition) is 0. The van der Waals surface area contributed by atoms with Crippen LogP contribution in [0.4, 0.5) is 13.2 Å². The van der Waals surface area contributed by atoms with Crippen molar-refractivity contribution in [2.75, 3.05) is 6.26 Å². The van der Waals surface area contributed by atoms with Crippen LogP contribution in [0.1, 0.15) is 11.1 Å². The van der Waals surface area contributed by atoms with Crippen molar-refractivity contribution >= 4 is 22.4 Å². The van der Waals surface area contributed by atoms with E-state index in [1.165, 1.54) is 22.5 Å². The Hall–Kier alpha value is -2.06. The van der Waals surface area contributed by atoms with Gasteiger partial charge in [-0.25, -0.2) is 4.98 Å². The second-order valence-corrected chi connectivity index (χ2v) is 6.59. The van der Waals surface area contributed by atoms with Gasteiger partial charge in [-0.05, 0) is 36.2 Å². The maximum absolute atomic E-state index is 12.7. The Balaban J connectivity index is 2.21. The Labute approximate surface area is 139 Å². The summed E-state index contributed by atoms with van der Waals surface area (Å²) in [5.41, 5.74) is 2.09. The average Bonchev–Trinajstić information content (AvgIpc) is 2.87. The van der Waals surface area contributed by atoms with Gasteiger partial charge in [0.1, 0.15) is 17.5 Å². The van der Waals surface area contributed by atoms with Gasteiger partial charge in [0, 0.05) is 6.20 Å². The van der Waals surface area contributed by atoms with Crippen molar-refractivity contribution in [3.05, 3.63) is 47.7 Å². The Morgan fingerprint density at radius 1 is 1.21 bits per heavy atom. The van der Waals surface area contributed by atoms with E-state index in [2.05, 4.69) is 9.97 Å². The van der Waals surface area contributed by atoms with Crippen LogP contribution in [0, 0.1) is 6.92 Å². The van der Waals surface area contributed by atoms with E-state index in [1.807, 2.05) is 0 Å². The lowest BCUT2D eigenvalue weighted by Crippen LogP contribution is -2.15. The van der Waals surface area contributed by atoms with Crippen LogP contribution in [0.15, 0.2) is 36.5 Å². The fourth-order valence-corrected chi connectivity index (χ4v) is 3.42. The van der Waals surface area contributed by atoms with Crippen LogP contribution in [-0.2, 0) is 17.8 Å². The molecule has 0 aliphatic heterocycles. The lowest BCUT2D eigenvalue weighted by atomic mass is 10.0. The van der Waals surface area contributed by atoms with Crippen LogP contribution in [0.25, 0.3) is 22.6 Å². The molecular formula is C16H14F3N3OS. The molecule has 0 bridgehead atoms. The molecule has 4 nitrogen and oxygen atoms in total. The third-order valence-corrected chi connectivity index (χ3v) is 4.58. The normalized spacial score (nSPS) is 13.4. The number of para-hydroxylation sites is 2. The molecule has 2 aromatic heterocycles. The molecule has 0 fully saturated rings. The summed E-state index contributed by atoms with van der Waals surface area (Å²) in [4.78, 5) is 8.62. The van der Waals surface area contributed by atoms with E-state index >= 15 is 0 Å². The fraction of sp³-hybridized carbons (Fsp3) is 0.250. The number of rotatable bonds is 3. The lowest BCUT2D eigenvalue weighted by molar-refractivity contribution is -0.127. The summed E-state index contributed by atoms with van der Waals surface area (Å²) in [7, 11) is 0. The number of benzene rings is 1. The number of hydrogen-bond acceptors (Lipinski definition) is 3. The molecule has 3 rings (SSSR count). The monoisotopic (exact) mass is 353 g/mol. The van der Waals surface area contributed by atoms with E-state index in [4.69, 9.17) is 0 Å². The number of aromatic nitrogens is 3. The van der Waals surface area contributed by atoms with Crippen molar-refractivity contribution in [1.29, 1.82) is 0 Å². The molecule has 0 amide bonds. The molecule has 0 aliphatic carbocycles. The van der Waals surface area contributed by atoms with Gasteiger partial charge < -0.3 is 4.55 Å². The van der Waals surface area contributed by atoms with Gasteiger partial charge in [0.25, 0.3) is 0 Å². The highest BCUT2D eigenvalue weighted by Gasteiger charge is 2.30. The van der Waals surface area contributed by atoms with E-state index < -0.39 is 24.0 Å². The molecule has 1 atom stereocenters. The van der Waals surface area contributed by atoms with Gasteiger partial charge in [0.2, 0.25) is 5.82 Å². The molecule has 3 aromatic rings. The van der Waals surface area contributed by atoms with Crippen LogP contribution in [-0.4, -0.2) is 30.9 Å². The first-order chi connectivity index (χ1) is 11.3. The minimum absolute atomic E-state index is 0.132. The molecule has 0 spiro atoms. The predicted octanol–water partition coefficient (Wildman–Crippen LogP) is 3.65. The first-order valence-corrected chi connectivity index (χ1v) is 8.62. The molecule has 0 saturated heterocycles. The summed E-state index contributed by atoms with van der Waals surface area (Å²) in [6.07, 6.45) is -2.53. The summed E-state index contributed by atoms with van der Waals surface area (Å²) in [5.74, 6) is 0.304. The zero-order chi connectivity index (χ0) is 17.5.